The second-order valence-corrected chi connectivity index (χ2v) is 4.74. The number of nitrogens with zero attached hydrogens (tertiary/aromatic N) is 2. The summed E-state index contributed by atoms with van der Waals surface area (Å²) in [6.45, 7) is 2.00. The predicted molar refractivity (Wildman–Crippen MR) is 79.1 cm³/mol. The summed E-state index contributed by atoms with van der Waals surface area (Å²) in [5.41, 5.74) is 2.85. The van der Waals surface area contributed by atoms with Crippen molar-refractivity contribution in [1.29, 1.82) is 0 Å². The van der Waals surface area contributed by atoms with Crippen LogP contribution in [0.15, 0.2) is 40.8 Å². The van der Waals surface area contributed by atoms with Gasteiger partial charge in [-0.15, -0.1) is 0 Å². The van der Waals surface area contributed by atoms with Crippen molar-refractivity contribution in [3.63, 3.8) is 0 Å². The lowest BCUT2D eigenvalue weighted by molar-refractivity contribution is 0.194. The fraction of sp³-hybridized carbons (Fsp3) is 0.133. The van der Waals surface area contributed by atoms with Gasteiger partial charge in [0.15, 0.2) is 5.76 Å². The maximum Gasteiger partial charge on any atom is 0.404 e. The molecule has 22 heavy (non-hydrogen) atoms. The van der Waals surface area contributed by atoms with Gasteiger partial charge in [-0.3, -0.25) is 5.10 Å². The number of amides is 1. The van der Waals surface area contributed by atoms with E-state index in [1.54, 1.807) is 6.07 Å². The van der Waals surface area contributed by atoms with E-state index in [1.807, 2.05) is 37.3 Å². The molecule has 112 valence electrons. The lowest BCUT2D eigenvalue weighted by atomic mass is 10.2. The maximum absolute atomic E-state index is 10.5. The van der Waals surface area contributed by atoms with Gasteiger partial charge >= 0.3 is 6.09 Å². The van der Waals surface area contributed by atoms with Crippen LogP contribution < -0.4 is 5.32 Å². The fourth-order valence-corrected chi connectivity index (χ4v) is 2.08. The number of aromatic nitrogens is 3. The Labute approximate surface area is 126 Å². The van der Waals surface area contributed by atoms with Crippen LogP contribution in [0.5, 0.6) is 0 Å². The number of benzene rings is 1. The van der Waals surface area contributed by atoms with Crippen molar-refractivity contribution in [2.75, 3.05) is 0 Å². The van der Waals surface area contributed by atoms with Gasteiger partial charge in [0, 0.05) is 5.56 Å². The van der Waals surface area contributed by atoms with E-state index in [0.717, 1.165) is 11.3 Å². The first-order valence-corrected chi connectivity index (χ1v) is 6.68. The zero-order valence-corrected chi connectivity index (χ0v) is 11.8. The van der Waals surface area contributed by atoms with E-state index in [1.165, 1.54) is 0 Å². The van der Waals surface area contributed by atoms with Crippen LogP contribution in [-0.4, -0.2) is 26.4 Å². The molecule has 0 saturated heterocycles. The van der Waals surface area contributed by atoms with Crippen molar-refractivity contribution in [2.24, 2.45) is 0 Å². The summed E-state index contributed by atoms with van der Waals surface area (Å²) in [7, 11) is 0. The normalized spacial score (nSPS) is 10.6. The molecule has 0 aliphatic rings. The largest absolute Gasteiger partial charge is 0.465 e. The summed E-state index contributed by atoms with van der Waals surface area (Å²) in [5.74, 6) is 1.10. The van der Waals surface area contributed by atoms with E-state index in [9.17, 15) is 4.79 Å². The minimum Gasteiger partial charge on any atom is -0.465 e. The number of carbonyl (C=O) groups is 1. The number of rotatable bonds is 4. The molecule has 0 fully saturated rings. The van der Waals surface area contributed by atoms with E-state index in [4.69, 9.17) is 9.52 Å². The van der Waals surface area contributed by atoms with E-state index >= 15 is 0 Å². The average Bonchev–Trinajstić information content (AvgIpc) is 3.12. The van der Waals surface area contributed by atoms with Crippen LogP contribution in [0.1, 0.15) is 11.4 Å². The summed E-state index contributed by atoms with van der Waals surface area (Å²) in [4.78, 5) is 14.9. The first-order valence-electron chi connectivity index (χ1n) is 6.68. The Morgan fingerprint density at radius 3 is 2.86 bits per heavy atom. The van der Waals surface area contributed by atoms with Crippen molar-refractivity contribution in [2.45, 2.75) is 13.5 Å². The molecule has 0 atom stereocenters. The monoisotopic (exact) mass is 298 g/mol. The second-order valence-electron chi connectivity index (χ2n) is 4.74. The molecule has 0 spiro atoms. The molecule has 0 aliphatic carbocycles. The molecule has 3 N–H and O–H groups in total. The molecule has 2 aromatic heterocycles. The van der Waals surface area contributed by atoms with Crippen molar-refractivity contribution in [1.82, 2.24) is 20.5 Å². The first kappa shape index (κ1) is 13.9. The zero-order valence-electron chi connectivity index (χ0n) is 11.8. The van der Waals surface area contributed by atoms with Gasteiger partial charge in [0.2, 0.25) is 5.89 Å². The molecule has 0 aliphatic heterocycles. The van der Waals surface area contributed by atoms with Gasteiger partial charge in [-0.1, -0.05) is 18.2 Å². The topological polar surface area (TPSA) is 104 Å². The SMILES string of the molecule is Cc1nc(-c2ccccc2)oc1-c1cc(CNC(=O)O)[nH]n1. The number of oxazole rings is 1. The molecule has 0 radical (unpaired) electrons. The number of H-pyrrole nitrogens is 1. The zero-order chi connectivity index (χ0) is 15.5. The second kappa shape index (κ2) is 5.72. The Bertz CT molecular complexity index is 792. The highest BCUT2D eigenvalue weighted by Gasteiger charge is 2.16. The van der Waals surface area contributed by atoms with Gasteiger partial charge in [0.25, 0.3) is 0 Å². The summed E-state index contributed by atoms with van der Waals surface area (Å²) >= 11 is 0. The number of hydrogen-bond acceptors (Lipinski definition) is 4. The molecule has 3 rings (SSSR count). The minimum absolute atomic E-state index is 0.154. The van der Waals surface area contributed by atoms with Crippen LogP contribution in [0.4, 0.5) is 4.79 Å². The van der Waals surface area contributed by atoms with E-state index in [0.29, 0.717) is 23.0 Å². The molecular formula is C15H14N4O3. The molecular weight excluding hydrogens is 284 g/mol. The van der Waals surface area contributed by atoms with Gasteiger partial charge in [-0.2, -0.15) is 5.10 Å². The molecule has 0 saturated carbocycles. The highest BCUT2D eigenvalue weighted by molar-refractivity contribution is 5.64. The smallest absolute Gasteiger partial charge is 0.404 e. The predicted octanol–water partition coefficient (Wildman–Crippen LogP) is 2.81. The Morgan fingerprint density at radius 2 is 2.14 bits per heavy atom. The number of aromatic amines is 1. The Balaban J connectivity index is 1.86. The Kier molecular flexibility index (Phi) is 3.61. The highest BCUT2D eigenvalue weighted by Crippen LogP contribution is 2.28. The van der Waals surface area contributed by atoms with Crippen LogP contribution >= 0.6 is 0 Å². The fourth-order valence-electron chi connectivity index (χ4n) is 2.08. The molecule has 7 heteroatoms. The minimum atomic E-state index is -1.08. The number of carboxylic acid groups (broad SMARTS) is 1. The van der Waals surface area contributed by atoms with Crippen molar-refractivity contribution in [3.8, 4) is 22.9 Å². The number of hydrogen-bond donors (Lipinski definition) is 3. The highest BCUT2D eigenvalue weighted by atomic mass is 16.4. The van der Waals surface area contributed by atoms with Crippen LogP contribution in [0, 0.1) is 6.92 Å². The van der Waals surface area contributed by atoms with Crippen LogP contribution in [0.25, 0.3) is 22.9 Å². The summed E-state index contributed by atoms with van der Waals surface area (Å²) in [6.07, 6.45) is -1.08. The van der Waals surface area contributed by atoms with E-state index in [-0.39, 0.29) is 6.54 Å². The standard InChI is InChI=1S/C15H14N4O3/c1-9-13(12-7-11(18-19-12)8-16-15(20)21)22-14(17-9)10-5-3-2-4-6-10/h2-7,16H,8H2,1H3,(H,18,19)(H,20,21). The van der Waals surface area contributed by atoms with Gasteiger partial charge in [0.05, 0.1) is 17.9 Å². The third kappa shape index (κ3) is 2.83. The van der Waals surface area contributed by atoms with E-state index in [2.05, 4.69) is 20.5 Å². The van der Waals surface area contributed by atoms with Crippen LogP contribution in [-0.2, 0) is 6.54 Å². The van der Waals surface area contributed by atoms with E-state index < -0.39 is 6.09 Å². The number of nitrogens with one attached hydrogen (secondary N) is 2. The third-order valence-corrected chi connectivity index (χ3v) is 3.11. The third-order valence-electron chi connectivity index (χ3n) is 3.11. The molecule has 3 aromatic rings. The van der Waals surface area contributed by atoms with Gasteiger partial charge in [-0.05, 0) is 25.1 Å². The quantitative estimate of drug-likeness (QED) is 0.687. The Hall–Kier alpha value is -3.09. The first-order chi connectivity index (χ1) is 10.6. The van der Waals surface area contributed by atoms with Crippen molar-refractivity contribution < 1.29 is 14.3 Å². The average molecular weight is 298 g/mol. The summed E-state index contributed by atoms with van der Waals surface area (Å²) in [5, 5.41) is 17.8. The molecule has 1 aromatic carbocycles. The molecule has 7 nitrogen and oxygen atoms in total. The Morgan fingerprint density at radius 1 is 1.36 bits per heavy atom. The van der Waals surface area contributed by atoms with Crippen molar-refractivity contribution >= 4 is 6.09 Å². The molecule has 2 heterocycles. The lowest BCUT2D eigenvalue weighted by Gasteiger charge is -1.95. The summed E-state index contributed by atoms with van der Waals surface area (Å²) in [6, 6.07) is 11.3. The molecule has 0 bridgehead atoms. The van der Waals surface area contributed by atoms with Crippen LogP contribution in [0.3, 0.4) is 0 Å². The van der Waals surface area contributed by atoms with Crippen molar-refractivity contribution in [3.05, 3.63) is 47.8 Å². The van der Waals surface area contributed by atoms with Gasteiger partial charge < -0.3 is 14.8 Å². The van der Waals surface area contributed by atoms with Crippen LogP contribution in [0.2, 0.25) is 0 Å². The lowest BCUT2D eigenvalue weighted by Crippen LogP contribution is -2.20. The molecule has 1 amide bonds. The summed E-state index contributed by atoms with van der Waals surface area (Å²) < 4.78 is 5.80. The molecule has 0 unspecified atom stereocenters. The number of aryl methyl sites for hydroxylation is 1. The maximum atomic E-state index is 10.5. The van der Waals surface area contributed by atoms with Gasteiger partial charge in [-0.25, -0.2) is 9.78 Å². The van der Waals surface area contributed by atoms with Gasteiger partial charge in [0.1, 0.15) is 5.69 Å².